The van der Waals surface area contributed by atoms with Crippen LogP contribution in [0.4, 0.5) is 0 Å². The van der Waals surface area contributed by atoms with E-state index in [4.69, 9.17) is 15.3 Å². The van der Waals surface area contributed by atoms with E-state index in [1.165, 1.54) is 31.4 Å². The van der Waals surface area contributed by atoms with Crippen molar-refractivity contribution in [1.29, 1.82) is 0 Å². The number of phenols is 1. The molecule has 0 saturated carbocycles. The topological polar surface area (TPSA) is 87.0 Å². The quantitative estimate of drug-likeness (QED) is 0.540. The maximum absolute atomic E-state index is 10.8. The van der Waals surface area contributed by atoms with E-state index in [-0.39, 0.29) is 19.0 Å². The summed E-state index contributed by atoms with van der Waals surface area (Å²) >= 11 is 0. The van der Waals surface area contributed by atoms with Gasteiger partial charge in [-0.15, -0.1) is 0 Å². The summed E-state index contributed by atoms with van der Waals surface area (Å²) in [6.45, 7) is 0.390. The summed E-state index contributed by atoms with van der Waals surface area (Å²) in [6, 6.07) is 5.88. The molecule has 0 atom stereocenters. The van der Waals surface area contributed by atoms with Gasteiger partial charge in [-0.2, -0.15) is 0 Å². The lowest BCUT2D eigenvalue weighted by atomic mass is 10.2. The van der Waals surface area contributed by atoms with Crippen LogP contribution >= 0.6 is 0 Å². The van der Waals surface area contributed by atoms with E-state index in [2.05, 4.69) is 4.74 Å². The number of esters is 1. The van der Waals surface area contributed by atoms with Gasteiger partial charge in [0.1, 0.15) is 5.75 Å². The van der Waals surface area contributed by atoms with Crippen molar-refractivity contribution < 1.29 is 24.9 Å². The van der Waals surface area contributed by atoms with Crippen molar-refractivity contribution in [2.24, 2.45) is 0 Å². The van der Waals surface area contributed by atoms with Crippen LogP contribution in [0.5, 0.6) is 5.75 Å². The first-order valence-corrected chi connectivity index (χ1v) is 5.24. The average molecular weight is 242 g/mol. The molecular formula is C12H18O5. The molecule has 1 rings (SSSR count). The molecule has 0 heterocycles. The van der Waals surface area contributed by atoms with Gasteiger partial charge in [0.05, 0.1) is 12.7 Å². The maximum atomic E-state index is 10.8. The van der Waals surface area contributed by atoms with Crippen molar-refractivity contribution in [2.75, 3.05) is 20.3 Å². The summed E-state index contributed by atoms with van der Waals surface area (Å²) in [5.74, 6) is -0.261. The maximum Gasteiger partial charge on any atom is 0.337 e. The second-order valence-corrected chi connectivity index (χ2v) is 3.19. The SMILES string of the molecule is COC(=O)c1ccc(O)cc1.OCCCCO. The van der Waals surface area contributed by atoms with Crippen molar-refractivity contribution in [3.8, 4) is 5.75 Å². The number of ether oxygens (including phenoxy) is 1. The molecule has 0 bridgehead atoms. The Labute approximate surface area is 100 Å². The molecule has 1 aromatic rings. The smallest absolute Gasteiger partial charge is 0.337 e. The number of rotatable bonds is 4. The lowest BCUT2D eigenvalue weighted by molar-refractivity contribution is 0.0600. The van der Waals surface area contributed by atoms with Crippen LogP contribution in [-0.2, 0) is 4.74 Å². The minimum atomic E-state index is -0.398. The summed E-state index contributed by atoms with van der Waals surface area (Å²) < 4.78 is 4.46. The fraction of sp³-hybridized carbons (Fsp3) is 0.417. The molecule has 0 unspecified atom stereocenters. The number of carbonyl (C=O) groups excluding carboxylic acids is 1. The van der Waals surface area contributed by atoms with Gasteiger partial charge in [0.25, 0.3) is 0 Å². The number of aliphatic hydroxyl groups is 2. The number of aliphatic hydroxyl groups excluding tert-OH is 2. The molecule has 5 nitrogen and oxygen atoms in total. The van der Waals surface area contributed by atoms with Crippen LogP contribution in [0.15, 0.2) is 24.3 Å². The zero-order valence-electron chi connectivity index (χ0n) is 9.80. The molecule has 0 aliphatic rings. The van der Waals surface area contributed by atoms with Gasteiger partial charge in [0, 0.05) is 13.2 Å². The van der Waals surface area contributed by atoms with Crippen molar-refractivity contribution >= 4 is 5.97 Å². The number of carbonyl (C=O) groups is 1. The number of unbranched alkanes of at least 4 members (excludes halogenated alkanes) is 1. The normalized spacial score (nSPS) is 9.12. The fourth-order valence-electron chi connectivity index (χ4n) is 0.939. The van der Waals surface area contributed by atoms with Gasteiger partial charge >= 0.3 is 5.97 Å². The van der Waals surface area contributed by atoms with Gasteiger partial charge in [0.2, 0.25) is 0 Å². The zero-order chi connectivity index (χ0) is 13.1. The molecule has 3 N–H and O–H groups in total. The van der Waals surface area contributed by atoms with Crippen molar-refractivity contribution in [2.45, 2.75) is 12.8 Å². The third kappa shape index (κ3) is 7.32. The fourth-order valence-corrected chi connectivity index (χ4v) is 0.939. The van der Waals surface area contributed by atoms with E-state index < -0.39 is 5.97 Å². The highest BCUT2D eigenvalue weighted by Crippen LogP contribution is 2.09. The molecule has 5 heteroatoms. The first-order chi connectivity index (χ1) is 8.15. The van der Waals surface area contributed by atoms with E-state index in [9.17, 15) is 4.79 Å². The lowest BCUT2D eigenvalue weighted by Gasteiger charge is -1.97. The molecule has 0 radical (unpaired) electrons. The molecule has 96 valence electrons. The molecule has 0 fully saturated rings. The molecule has 1 aromatic carbocycles. The Kier molecular flexibility index (Phi) is 8.72. The molecule has 0 aromatic heterocycles. The van der Waals surface area contributed by atoms with Crippen LogP contribution in [0.25, 0.3) is 0 Å². The number of phenolic OH excluding ortho intramolecular Hbond substituents is 1. The highest BCUT2D eigenvalue weighted by molar-refractivity contribution is 5.89. The Morgan fingerprint density at radius 1 is 1.12 bits per heavy atom. The highest BCUT2D eigenvalue weighted by Gasteiger charge is 2.02. The lowest BCUT2D eigenvalue weighted by Crippen LogP contribution is -1.99. The summed E-state index contributed by atoms with van der Waals surface area (Å²) in [5, 5.41) is 25.0. The predicted octanol–water partition coefficient (Wildman–Crippen LogP) is 0.930. The Morgan fingerprint density at radius 2 is 1.59 bits per heavy atom. The number of aromatic hydroxyl groups is 1. The zero-order valence-corrected chi connectivity index (χ0v) is 9.80. The van der Waals surface area contributed by atoms with E-state index in [0.717, 1.165) is 12.8 Å². The van der Waals surface area contributed by atoms with Crippen molar-refractivity contribution in [3.63, 3.8) is 0 Å². The van der Waals surface area contributed by atoms with Gasteiger partial charge in [-0.1, -0.05) is 0 Å². The van der Waals surface area contributed by atoms with Gasteiger partial charge in [-0.3, -0.25) is 0 Å². The first kappa shape index (κ1) is 15.4. The molecule has 0 spiro atoms. The van der Waals surface area contributed by atoms with Gasteiger partial charge in [-0.05, 0) is 37.1 Å². The van der Waals surface area contributed by atoms with Gasteiger partial charge in [-0.25, -0.2) is 4.79 Å². The second-order valence-electron chi connectivity index (χ2n) is 3.19. The van der Waals surface area contributed by atoms with Crippen LogP contribution in [0.3, 0.4) is 0 Å². The minimum Gasteiger partial charge on any atom is -0.508 e. The Balaban J connectivity index is 0.000000366. The molecule has 17 heavy (non-hydrogen) atoms. The highest BCUT2D eigenvalue weighted by atomic mass is 16.5. The Bertz CT molecular complexity index is 303. The van der Waals surface area contributed by atoms with E-state index in [1.807, 2.05) is 0 Å². The van der Waals surface area contributed by atoms with Crippen LogP contribution in [0.2, 0.25) is 0 Å². The third-order valence-corrected chi connectivity index (χ3v) is 1.85. The summed E-state index contributed by atoms with van der Waals surface area (Å²) in [4.78, 5) is 10.8. The van der Waals surface area contributed by atoms with Crippen molar-refractivity contribution in [1.82, 2.24) is 0 Å². The Morgan fingerprint density at radius 3 is 1.94 bits per heavy atom. The minimum absolute atomic E-state index is 0.137. The molecular weight excluding hydrogens is 224 g/mol. The number of benzene rings is 1. The molecule has 0 saturated heterocycles. The summed E-state index contributed by atoms with van der Waals surface area (Å²) in [7, 11) is 1.31. The largest absolute Gasteiger partial charge is 0.508 e. The van der Waals surface area contributed by atoms with E-state index >= 15 is 0 Å². The summed E-state index contributed by atoms with van der Waals surface area (Å²) in [6.07, 6.45) is 1.44. The summed E-state index contributed by atoms with van der Waals surface area (Å²) in [5.41, 5.74) is 0.435. The van der Waals surface area contributed by atoms with Gasteiger partial charge in [0.15, 0.2) is 0 Å². The molecule has 0 aliphatic heterocycles. The van der Waals surface area contributed by atoms with Crippen LogP contribution < -0.4 is 0 Å². The number of hydrogen-bond acceptors (Lipinski definition) is 5. The first-order valence-electron chi connectivity index (χ1n) is 5.24. The van der Waals surface area contributed by atoms with Crippen LogP contribution in [0.1, 0.15) is 23.2 Å². The van der Waals surface area contributed by atoms with E-state index in [0.29, 0.717) is 5.56 Å². The number of hydrogen-bond donors (Lipinski definition) is 3. The molecule has 0 aliphatic carbocycles. The van der Waals surface area contributed by atoms with Crippen LogP contribution in [-0.4, -0.2) is 41.6 Å². The third-order valence-electron chi connectivity index (χ3n) is 1.85. The van der Waals surface area contributed by atoms with Crippen molar-refractivity contribution in [3.05, 3.63) is 29.8 Å². The standard InChI is InChI=1S/C8H8O3.C4H10O2/c1-11-8(10)6-2-4-7(9)5-3-6;5-3-1-2-4-6/h2-5,9H,1H3;5-6H,1-4H2. The predicted molar refractivity (Wildman–Crippen MR) is 62.9 cm³/mol. The van der Waals surface area contributed by atoms with E-state index in [1.54, 1.807) is 0 Å². The number of methoxy groups -OCH3 is 1. The van der Waals surface area contributed by atoms with Gasteiger partial charge < -0.3 is 20.1 Å². The van der Waals surface area contributed by atoms with Crippen LogP contribution in [0, 0.1) is 0 Å². The average Bonchev–Trinajstić information content (AvgIpc) is 2.37. The monoisotopic (exact) mass is 242 g/mol. The Hall–Kier alpha value is -1.59. The second kappa shape index (κ2) is 9.62. The molecule has 0 amide bonds.